The van der Waals surface area contributed by atoms with Gasteiger partial charge in [0.2, 0.25) is 10.0 Å². The minimum atomic E-state index is -3.58. The number of carbonyl (C=O) groups excluding carboxylic acids is 1. The lowest BCUT2D eigenvalue weighted by Crippen LogP contribution is -2.22. The molecule has 4 aromatic rings. The highest BCUT2D eigenvalue weighted by Gasteiger charge is 2.22. The summed E-state index contributed by atoms with van der Waals surface area (Å²) in [6.07, 6.45) is 4.14. The van der Waals surface area contributed by atoms with Crippen molar-refractivity contribution in [3.8, 4) is 0 Å². The Morgan fingerprint density at radius 1 is 1.25 bits per heavy atom. The Balaban J connectivity index is 1.66. The highest BCUT2D eigenvalue weighted by Crippen LogP contribution is 2.23. The van der Waals surface area contributed by atoms with Crippen LogP contribution in [0.25, 0.3) is 16.7 Å². The highest BCUT2D eigenvalue weighted by molar-refractivity contribution is 7.89. The van der Waals surface area contributed by atoms with E-state index < -0.39 is 16.0 Å². The molecule has 0 saturated heterocycles. The number of esters is 1. The van der Waals surface area contributed by atoms with Crippen LogP contribution < -0.4 is 0 Å². The zero-order valence-corrected chi connectivity index (χ0v) is 19.1. The van der Waals surface area contributed by atoms with Crippen LogP contribution >= 0.6 is 0 Å². The van der Waals surface area contributed by atoms with Crippen LogP contribution in [0.5, 0.6) is 0 Å². The van der Waals surface area contributed by atoms with Crippen LogP contribution in [0.1, 0.15) is 35.2 Å². The van der Waals surface area contributed by atoms with Crippen LogP contribution in [-0.4, -0.2) is 56.9 Å². The van der Waals surface area contributed by atoms with Gasteiger partial charge in [-0.2, -0.15) is 5.10 Å². The molecule has 0 radical (unpaired) electrons. The standard InChI is InChI=1S/C21H24N6O4S/c1-5-10-26-17-8-7-15(32(29,30)25(3)4)12-16(17)23-18(26)13-31-21(28)19-14(2)24-27-11-6-9-22-20(19)27/h6-9,11-12H,5,10,13H2,1-4H3. The molecular weight excluding hydrogens is 432 g/mol. The number of imidazole rings is 1. The maximum absolute atomic E-state index is 12.8. The van der Waals surface area contributed by atoms with Crippen LogP contribution in [-0.2, 0) is 27.9 Å². The summed E-state index contributed by atoms with van der Waals surface area (Å²) in [5.74, 6) is -0.00105. The number of aryl methyl sites for hydroxylation is 2. The number of hydrogen-bond acceptors (Lipinski definition) is 7. The fourth-order valence-corrected chi connectivity index (χ4v) is 4.47. The molecule has 0 spiro atoms. The number of fused-ring (bicyclic) bond motifs is 2. The molecular formula is C21H24N6O4S. The van der Waals surface area contributed by atoms with Crippen molar-refractivity contribution in [1.29, 1.82) is 0 Å². The van der Waals surface area contributed by atoms with Crippen LogP contribution in [0.2, 0.25) is 0 Å². The molecule has 0 aliphatic rings. The summed E-state index contributed by atoms with van der Waals surface area (Å²) in [5.41, 5.74) is 2.57. The van der Waals surface area contributed by atoms with Gasteiger partial charge in [-0.3, -0.25) is 0 Å². The normalized spacial score (nSPS) is 12.2. The number of nitrogens with zero attached hydrogens (tertiary/aromatic N) is 6. The monoisotopic (exact) mass is 456 g/mol. The predicted molar refractivity (Wildman–Crippen MR) is 118 cm³/mol. The van der Waals surface area contributed by atoms with Gasteiger partial charge in [0, 0.05) is 33.0 Å². The third kappa shape index (κ3) is 3.73. The third-order valence-corrected chi connectivity index (χ3v) is 6.94. The van der Waals surface area contributed by atoms with Gasteiger partial charge in [0.25, 0.3) is 0 Å². The van der Waals surface area contributed by atoms with Gasteiger partial charge in [-0.15, -0.1) is 0 Å². The lowest BCUT2D eigenvalue weighted by atomic mass is 10.2. The number of benzene rings is 1. The quantitative estimate of drug-likeness (QED) is 0.393. The van der Waals surface area contributed by atoms with Crippen molar-refractivity contribution in [2.75, 3.05) is 14.1 Å². The molecule has 32 heavy (non-hydrogen) atoms. The Bertz CT molecular complexity index is 1420. The van der Waals surface area contributed by atoms with Gasteiger partial charge in [0.05, 0.1) is 21.6 Å². The molecule has 3 aromatic heterocycles. The zero-order valence-electron chi connectivity index (χ0n) is 18.3. The largest absolute Gasteiger partial charge is 0.454 e. The van der Waals surface area contributed by atoms with Crippen molar-refractivity contribution in [3.63, 3.8) is 0 Å². The van der Waals surface area contributed by atoms with Crippen molar-refractivity contribution in [2.24, 2.45) is 0 Å². The van der Waals surface area contributed by atoms with E-state index in [2.05, 4.69) is 15.1 Å². The highest BCUT2D eigenvalue weighted by atomic mass is 32.2. The number of rotatable bonds is 7. The first kappa shape index (κ1) is 21.9. The number of hydrogen-bond donors (Lipinski definition) is 0. The third-order valence-electron chi connectivity index (χ3n) is 5.13. The molecule has 10 nitrogen and oxygen atoms in total. The molecule has 3 heterocycles. The summed E-state index contributed by atoms with van der Waals surface area (Å²) < 4.78 is 35.2. The SMILES string of the molecule is CCCn1c(COC(=O)c2c(C)nn3cccnc23)nc2cc(S(=O)(=O)N(C)C)ccc21. The second-order valence-corrected chi connectivity index (χ2v) is 9.69. The maximum Gasteiger partial charge on any atom is 0.344 e. The Kier molecular flexibility index (Phi) is 5.70. The number of sulfonamides is 1. The zero-order chi connectivity index (χ0) is 23.0. The predicted octanol–water partition coefficient (Wildman–Crippen LogP) is 2.40. The van der Waals surface area contributed by atoms with E-state index in [0.717, 1.165) is 16.2 Å². The maximum atomic E-state index is 12.8. The van der Waals surface area contributed by atoms with Crippen molar-refractivity contribution in [2.45, 2.75) is 38.3 Å². The Labute approximate surface area is 185 Å². The summed E-state index contributed by atoms with van der Waals surface area (Å²) in [6, 6.07) is 6.57. The Hall–Kier alpha value is -3.31. The van der Waals surface area contributed by atoms with Gasteiger partial charge >= 0.3 is 5.97 Å². The summed E-state index contributed by atoms with van der Waals surface area (Å²) in [5, 5.41) is 4.29. The second-order valence-electron chi connectivity index (χ2n) is 7.54. The van der Waals surface area contributed by atoms with E-state index in [1.807, 2.05) is 11.5 Å². The minimum absolute atomic E-state index is 0.0626. The van der Waals surface area contributed by atoms with Crippen LogP contribution in [0.4, 0.5) is 0 Å². The molecule has 1 aromatic carbocycles. The smallest absolute Gasteiger partial charge is 0.344 e. The number of carbonyl (C=O) groups is 1. The van der Waals surface area contributed by atoms with E-state index in [9.17, 15) is 13.2 Å². The van der Waals surface area contributed by atoms with E-state index in [1.54, 1.807) is 43.6 Å². The molecule has 168 valence electrons. The fraction of sp³-hybridized carbons (Fsp3) is 0.333. The molecule has 0 amide bonds. The van der Waals surface area contributed by atoms with Crippen LogP contribution in [0.15, 0.2) is 41.6 Å². The Morgan fingerprint density at radius 2 is 2.03 bits per heavy atom. The molecule has 0 saturated carbocycles. The van der Waals surface area contributed by atoms with Crippen molar-refractivity contribution < 1.29 is 17.9 Å². The van der Waals surface area contributed by atoms with Gasteiger partial charge in [0.1, 0.15) is 18.0 Å². The molecule has 0 aliphatic carbocycles. The average molecular weight is 457 g/mol. The van der Waals surface area contributed by atoms with Crippen LogP contribution in [0.3, 0.4) is 0 Å². The van der Waals surface area contributed by atoms with Gasteiger partial charge in [0.15, 0.2) is 5.65 Å². The van der Waals surface area contributed by atoms with Gasteiger partial charge in [-0.25, -0.2) is 32.0 Å². The molecule has 0 fully saturated rings. The van der Waals surface area contributed by atoms with E-state index in [-0.39, 0.29) is 11.5 Å². The Morgan fingerprint density at radius 3 is 2.75 bits per heavy atom. The first-order chi connectivity index (χ1) is 15.2. The summed E-state index contributed by atoms with van der Waals surface area (Å²) in [4.78, 5) is 21.8. The number of aromatic nitrogens is 5. The molecule has 11 heteroatoms. The molecule has 0 atom stereocenters. The molecule has 0 unspecified atom stereocenters. The first-order valence-corrected chi connectivity index (χ1v) is 11.6. The topological polar surface area (TPSA) is 112 Å². The lowest BCUT2D eigenvalue weighted by Gasteiger charge is -2.11. The van der Waals surface area contributed by atoms with E-state index >= 15 is 0 Å². The van der Waals surface area contributed by atoms with Gasteiger partial charge < -0.3 is 9.30 Å². The van der Waals surface area contributed by atoms with E-state index in [1.165, 1.54) is 18.6 Å². The van der Waals surface area contributed by atoms with Crippen molar-refractivity contribution >= 4 is 32.7 Å². The van der Waals surface area contributed by atoms with E-state index in [4.69, 9.17) is 4.74 Å². The summed E-state index contributed by atoms with van der Waals surface area (Å²) >= 11 is 0. The van der Waals surface area contributed by atoms with E-state index in [0.29, 0.717) is 34.8 Å². The summed E-state index contributed by atoms with van der Waals surface area (Å²) in [7, 11) is -0.616. The van der Waals surface area contributed by atoms with Gasteiger partial charge in [-0.1, -0.05) is 6.92 Å². The van der Waals surface area contributed by atoms with Crippen LogP contribution in [0, 0.1) is 6.92 Å². The average Bonchev–Trinajstić information content (AvgIpc) is 3.28. The molecule has 0 bridgehead atoms. The summed E-state index contributed by atoms with van der Waals surface area (Å²) in [6.45, 7) is 4.35. The fourth-order valence-electron chi connectivity index (χ4n) is 3.55. The first-order valence-electron chi connectivity index (χ1n) is 10.1. The minimum Gasteiger partial charge on any atom is -0.454 e. The molecule has 0 N–H and O–H groups in total. The number of ether oxygens (including phenoxy) is 1. The second kappa shape index (κ2) is 8.32. The lowest BCUT2D eigenvalue weighted by molar-refractivity contribution is 0.0459. The van der Waals surface area contributed by atoms with Crippen molar-refractivity contribution in [1.82, 2.24) is 28.5 Å². The molecule has 0 aliphatic heterocycles. The van der Waals surface area contributed by atoms with Crippen molar-refractivity contribution in [3.05, 3.63) is 53.7 Å². The molecule has 4 rings (SSSR count). The van der Waals surface area contributed by atoms with Gasteiger partial charge in [-0.05, 0) is 37.6 Å².